The third-order valence-corrected chi connectivity index (χ3v) is 6.92. The predicted octanol–water partition coefficient (Wildman–Crippen LogP) is 6.93. The Morgan fingerprint density at radius 1 is 1.07 bits per heavy atom. The minimum absolute atomic E-state index is 0.0515. The molecule has 0 unspecified atom stereocenters. The van der Waals surface area contributed by atoms with Gasteiger partial charge in [-0.1, -0.05) is 19.0 Å². The van der Waals surface area contributed by atoms with Crippen LogP contribution in [-0.2, 0) is 6.18 Å². The van der Waals surface area contributed by atoms with Crippen LogP contribution in [0.2, 0.25) is 0 Å². The highest BCUT2D eigenvalue weighted by atomic mass is 19.4. The van der Waals surface area contributed by atoms with Gasteiger partial charge in [-0.15, -0.1) is 0 Å². The van der Waals surface area contributed by atoms with Crippen LogP contribution < -0.4 is 10.6 Å². The molecule has 40 heavy (non-hydrogen) atoms. The van der Waals surface area contributed by atoms with E-state index in [0.717, 1.165) is 12.3 Å². The molecule has 212 valence electrons. The number of halogens is 6. The highest BCUT2D eigenvalue weighted by Gasteiger charge is 2.37. The van der Waals surface area contributed by atoms with Gasteiger partial charge in [0, 0.05) is 47.3 Å². The van der Waals surface area contributed by atoms with Gasteiger partial charge < -0.3 is 20.1 Å². The summed E-state index contributed by atoms with van der Waals surface area (Å²) in [4.78, 5) is 19.1. The lowest BCUT2D eigenvalue weighted by Gasteiger charge is -2.30. The van der Waals surface area contributed by atoms with Gasteiger partial charge in [0.1, 0.15) is 17.4 Å². The second-order valence-corrected chi connectivity index (χ2v) is 10.2. The number of alkyl halides is 3. The smallest absolute Gasteiger partial charge is 0.365 e. The van der Waals surface area contributed by atoms with Crippen molar-refractivity contribution in [1.82, 2.24) is 20.4 Å². The van der Waals surface area contributed by atoms with Gasteiger partial charge in [-0.05, 0) is 37.8 Å². The van der Waals surface area contributed by atoms with E-state index in [1.165, 1.54) is 0 Å². The van der Waals surface area contributed by atoms with E-state index < -0.39 is 52.7 Å². The number of amides is 1. The minimum Gasteiger partial charge on any atom is -0.365 e. The zero-order valence-electron chi connectivity index (χ0n) is 21.4. The molecule has 3 N–H and O–H groups in total. The molecule has 1 aliphatic carbocycles. The number of anilines is 1. The summed E-state index contributed by atoms with van der Waals surface area (Å²) in [6.45, 7) is 3.79. The fourth-order valence-corrected chi connectivity index (χ4v) is 4.94. The lowest BCUT2D eigenvalue weighted by atomic mass is 9.90. The minimum atomic E-state index is -4.99. The molecule has 0 radical (unpaired) electrons. The van der Waals surface area contributed by atoms with E-state index in [0.29, 0.717) is 43.6 Å². The third-order valence-electron chi connectivity index (χ3n) is 6.92. The molecule has 1 fully saturated rings. The first-order valence-corrected chi connectivity index (χ1v) is 12.7. The molecule has 4 aromatic rings. The van der Waals surface area contributed by atoms with Gasteiger partial charge in [0.05, 0.1) is 16.8 Å². The van der Waals surface area contributed by atoms with Crippen molar-refractivity contribution >= 4 is 22.6 Å². The number of benzene rings is 1. The molecule has 5 rings (SSSR count). The number of nitrogens with zero attached hydrogens (tertiary/aromatic N) is 2. The number of nitrogens with one attached hydrogen (secondary N) is 3. The second kappa shape index (κ2) is 10.5. The summed E-state index contributed by atoms with van der Waals surface area (Å²) in [5.41, 5.74) is -2.37. The van der Waals surface area contributed by atoms with Gasteiger partial charge in [-0.3, -0.25) is 4.79 Å². The Bertz CT molecular complexity index is 1560. The SMILES string of the molecule is CC(C)c1cc(C(=O)N[C@H]2CCC[C@@H](Nc3nc(-c4c[nH]c5c(F)cc(F)cc45)c(C(F)(F)F)cc3F)C2)no1. The van der Waals surface area contributed by atoms with Gasteiger partial charge in [0.15, 0.2) is 17.3 Å². The molecule has 2 atom stereocenters. The largest absolute Gasteiger partial charge is 0.418 e. The standard InChI is InChI=1S/C27H25F6N5O2/c1-12(2)22-10-21(38-40-22)26(39)36-15-5-3-4-14(8-15)35-25-20(30)9-18(27(31,32)33)23(37-25)17-11-34-24-16(17)6-13(28)7-19(24)29/h6-7,9-12,14-15,34H,3-5,8H2,1-2H3,(H,35,37)(H,36,39)/t14-,15+/m1/s1. The fraction of sp³-hybridized carbons (Fsp3) is 0.370. The quantitative estimate of drug-likeness (QED) is 0.220. The molecule has 0 spiro atoms. The van der Waals surface area contributed by atoms with E-state index in [2.05, 4.69) is 25.8 Å². The molecular formula is C27H25F6N5O2. The predicted molar refractivity (Wildman–Crippen MR) is 134 cm³/mol. The van der Waals surface area contributed by atoms with Crippen LogP contribution in [0.15, 0.2) is 35.0 Å². The molecule has 0 aliphatic heterocycles. The molecule has 7 nitrogen and oxygen atoms in total. The monoisotopic (exact) mass is 565 g/mol. The Labute approximate surface area is 224 Å². The van der Waals surface area contributed by atoms with Crippen molar-refractivity contribution in [1.29, 1.82) is 0 Å². The topological polar surface area (TPSA) is 95.8 Å². The van der Waals surface area contributed by atoms with Crippen LogP contribution in [0.25, 0.3) is 22.2 Å². The highest BCUT2D eigenvalue weighted by Crippen LogP contribution is 2.41. The molecule has 1 amide bonds. The molecule has 1 saturated carbocycles. The van der Waals surface area contributed by atoms with Crippen LogP contribution in [0.4, 0.5) is 32.2 Å². The van der Waals surface area contributed by atoms with Crippen molar-refractivity contribution in [2.45, 2.75) is 63.7 Å². The Kier molecular flexibility index (Phi) is 7.23. The number of H-pyrrole nitrogens is 1. The summed E-state index contributed by atoms with van der Waals surface area (Å²) >= 11 is 0. The van der Waals surface area contributed by atoms with E-state index in [4.69, 9.17) is 4.52 Å². The number of fused-ring (bicyclic) bond motifs is 1. The van der Waals surface area contributed by atoms with Gasteiger partial charge in [0.2, 0.25) is 0 Å². The molecule has 3 heterocycles. The van der Waals surface area contributed by atoms with Crippen LogP contribution in [0, 0.1) is 17.5 Å². The summed E-state index contributed by atoms with van der Waals surface area (Å²) in [5.74, 6) is -3.46. The summed E-state index contributed by atoms with van der Waals surface area (Å²) < 4.78 is 89.9. The maximum atomic E-state index is 15.0. The van der Waals surface area contributed by atoms with Crippen molar-refractivity contribution in [3.05, 3.63) is 64.9 Å². The molecule has 0 saturated heterocycles. The molecule has 13 heteroatoms. The van der Waals surface area contributed by atoms with Gasteiger partial charge in [-0.25, -0.2) is 18.2 Å². The van der Waals surface area contributed by atoms with E-state index in [1.807, 2.05) is 13.8 Å². The average molecular weight is 566 g/mol. The van der Waals surface area contributed by atoms with E-state index in [-0.39, 0.29) is 34.1 Å². The maximum absolute atomic E-state index is 15.0. The zero-order valence-corrected chi connectivity index (χ0v) is 21.4. The third kappa shape index (κ3) is 5.50. The summed E-state index contributed by atoms with van der Waals surface area (Å²) in [7, 11) is 0. The average Bonchev–Trinajstić information content (AvgIpc) is 3.53. The van der Waals surface area contributed by atoms with Gasteiger partial charge >= 0.3 is 6.18 Å². The lowest BCUT2D eigenvalue weighted by molar-refractivity contribution is -0.137. The van der Waals surface area contributed by atoms with Crippen molar-refractivity contribution in [2.75, 3.05) is 5.32 Å². The normalized spacial score (nSPS) is 17.9. The number of hydrogen-bond acceptors (Lipinski definition) is 5. The highest BCUT2D eigenvalue weighted by molar-refractivity contribution is 5.96. The number of carbonyl (C=O) groups is 1. The Morgan fingerprint density at radius 2 is 1.82 bits per heavy atom. The Balaban J connectivity index is 1.40. The van der Waals surface area contributed by atoms with Crippen LogP contribution in [0.3, 0.4) is 0 Å². The van der Waals surface area contributed by atoms with Crippen LogP contribution in [0.1, 0.15) is 67.3 Å². The van der Waals surface area contributed by atoms with Crippen molar-refractivity contribution in [3.8, 4) is 11.3 Å². The van der Waals surface area contributed by atoms with Crippen molar-refractivity contribution < 1.29 is 35.7 Å². The van der Waals surface area contributed by atoms with E-state index in [1.54, 1.807) is 6.07 Å². The first-order chi connectivity index (χ1) is 18.9. The van der Waals surface area contributed by atoms with E-state index >= 15 is 0 Å². The van der Waals surface area contributed by atoms with Crippen LogP contribution in [-0.4, -0.2) is 33.1 Å². The number of aromatic nitrogens is 3. The summed E-state index contributed by atoms with van der Waals surface area (Å²) in [6.07, 6.45) is -1.73. The van der Waals surface area contributed by atoms with Crippen molar-refractivity contribution in [3.63, 3.8) is 0 Å². The van der Waals surface area contributed by atoms with Crippen molar-refractivity contribution in [2.24, 2.45) is 0 Å². The van der Waals surface area contributed by atoms with Crippen LogP contribution >= 0.6 is 0 Å². The maximum Gasteiger partial charge on any atom is 0.418 e. The number of aromatic amines is 1. The molecule has 1 aliphatic rings. The Morgan fingerprint density at radius 3 is 2.52 bits per heavy atom. The lowest BCUT2D eigenvalue weighted by Crippen LogP contribution is -2.42. The van der Waals surface area contributed by atoms with E-state index in [9.17, 15) is 31.1 Å². The molecular weight excluding hydrogens is 540 g/mol. The first-order valence-electron chi connectivity index (χ1n) is 12.7. The molecule has 0 bridgehead atoms. The van der Waals surface area contributed by atoms with Gasteiger partial charge in [0.25, 0.3) is 5.91 Å². The number of rotatable bonds is 6. The number of carbonyl (C=O) groups excluding carboxylic acids is 1. The fourth-order valence-electron chi connectivity index (χ4n) is 4.94. The summed E-state index contributed by atoms with van der Waals surface area (Å²) in [5, 5.41) is 9.36. The first kappa shape index (κ1) is 27.5. The molecule has 1 aromatic carbocycles. The Hall–Kier alpha value is -4.03. The number of pyridine rings is 1. The molecule has 3 aromatic heterocycles. The summed E-state index contributed by atoms with van der Waals surface area (Å²) in [6, 6.07) is 2.63. The zero-order chi connectivity index (χ0) is 28.8. The van der Waals surface area contributed by atoms with Crippen LogP contribution in [0.5, 0.6) is 0 Å². The van der Waals surface area contributed by atoms with Gasteiger partial charge in [-0.2, -0.15) is 13.2 Å². The number of hydrogen-bond donors (Lipinski definition) is 3. The second-order valence-electron chi connectivity index (χ2n) is 10.2.